The minimum atomic E-state index is 0. The van der Waals surface area contributed by atoms with Gasteiger partial charge in [-0.1, -0.05) is 6.07 Å². The normalized spacial score (nSPS) is 16.3. The van der Waals surface area contributed by atoms with Gasteiger partial charge in [0.05, 0.1) is 0 Å². The molecule has 0 saturated carbocycles. The van der Waals surface area contributed by atoms with Gasteiger partial charge in [0, 0.05) is 44.3 Å². The number of hydrogen-bond donors (Lipinski definition) is 2. The van der Waals surface area contributed by atoms with Gasteiger partial charge in [-0.05, 0) is 63.6 Å². The standard InChI is InChI=1S/C19H34N4OS.HI/c1-3-20-19(21-10-6-13-24-4-2)22-15-17-8-11-23(12-9-17)16-18-7-5-14-25-18;/h5,7,14,17H,3-4,6,8-13,15-16H2,1-2H3,(H2,20,21,22);1H. The predicted molar refractivity (Wildman–Crippen MR) is 123 cm³/mol. The molecule has 0 aliphatic carbocycles. The monoisotopic (exact) mass is 494 g/mol. The average Bonchev–Trinajstić information content (AvgIpc) is 3.13. The Morgan fingerprint density at radius 3 is 2.77 bits per heavy atom. The van der Waals surface area contributed by atoms with Gasteiger partial charge in [0.1, 0.15) is 0 Å². The molecule has 150 valence electrons. The Hall–Kier alpha value is -0.380. The van der Waals surface area contributed by atoms with E-state index in [-0.39, 0.29) is 24.0 Å². The van der Waals surface area contributed by atoms with Crippen LogP contribution in [0.4, 0.5) is 0 Å². The lowest BCUT2D eigenvalue weighted by atomic mass is 9.97. The van der Waals surface area contributed by atoms with Crippen LogP contribution in [-0.2, 0) is 11.3 Å². The first-order valence-electron chi connectivity index (χ1n) is 9.66. The van der Waals surface area contributed by atoms with Crippen LogP contribution in [0.3, 0.4) is 0 Å². The summed E-state index contributed by atoms with van der Waals surface area (Å²) in [6, 6.07) is 4.38. The Kier molecular flexibility index (Phi) is 13.3. The number of rotatable bonds is 10. The van der Waals surface area contributed by atoms with Gasteiger partial charge in [-0.2, -0.15) is 0 Å². The summed E-state index contributed by atoms with van der Waals surface area (Å²) in [7, 11) is 0. The van der Waals surface area contributed by atoms with Crippen molar-refractivity contribution in [2.45, 2.75) is 39.7 Å². The van der Waals surface area contributed by atoms with Gasteiger partial charge in [0.25, 0.3) is 0 Å². The van der Waals surface area contributed by atoms with Crippen LogP contribution in [0.15, 0.2) is 22.5 Å². The number of likely N-dealkylation sites (tertiary alicyclic amines) is 1. The van der Waals surface area contributed by atoms with E-state index >= 15 is 0 Å². The zero-order valence-corrected chi connectivity index (χ0v) is 19.4. The van der Waals surface area contributed by atoms with E-state index in [1.165, 1.54) is 30.8 Å². The van der Waals surface area contributed by atoms with E-state index in [4.69, 9.17) is 9.73 Å². The molecule has 1 aromatic rings. The molecule has 0 bridgehead atoms. The third kappa shape index (κ3) is 9.53. The number of nitrogens with one attached hydrogen (secondary N) is 2. The van der Waals surface area contributed by atoms with E-state index in [0.717, 1.165) is 51.8 Å². The highest BCUT2D eigenvalue weighted by atomic mass is 127. The molecule has 0 atom stereocenters. The molecule has 7 heteroatoms. The molecule has 5 nitrogen and oxygen atoms in total. The van der Waals surface area contributed by atoms with Crippen molar-refractivity contribution < 1.29 is 4.74 Å². The maximum absolute atomic E-state index is 5.37. The second-order valence-corrected chi connectivity index (χ2v) is 7.53. The largest absolute Gasteiger partial charge is 0.382 e. The maximum atomic E-state index is 5.37. The Labute approximate surface area is 180 Å². The summed E-state index contributed by atoms with van der Waals surface area (Å²) in [4.78, 5) is 8.84. The summed E-state index contributed by atoms with van der Waals surface area (Å²) >= 11 is 1.86. The number of nitrogens with zero attached hydrogens (tertiary/aromatic N) is 2. The second-order valence-electron chi connectivity index (χ2n) is 6.50. The number of ether oxygens (including phenoxy) is 1. The highest BCUT2D eigenvalue weighted by Gasteiger charge is 2.19. The van der Waals surface area contributed by atoms with Gasteiger partial charge in [-0.25, -0.2) is 0 Å². The van der Waals surface area contributed by atoms with Gasteiger partial charge < -0.3 is 15.4 Å². The Balaban J connectivity index is 0.00000338. The van der Waals surface area contributed by atoms with Crippen molar-refractivity contribution in [1.29, 1.82) is 0 Å². The lowest BCUT2D eigenvalue weighted by Gasteiger charge is -2.31. The summed E-state index contributed by atoms with van der Waals surface area (Å²) in [6.45, 7) is 12.0. The van der Waals surface area contributed by atoms with Crippen LogP contribution in [-0.4, -0.2) is 56.8 Å². The van der Waals surface area contributed by atoms with E-state index in [0.29, 0.717) is 5.92 Å². The van der Waals surface area contributed by atoms with Crippen LogP contribution >= 0.6 is 35.3 Å². The topological polar surface area (TPSA) is 48.9 Å². The Morgan fingerprint density at radius 1 is 1.31 bits per heavy atom. The summed E-state index contributed by atoms with van der Waals surface area (Å²) in [5.41, 5.74) is 0. The lowest BCUT2D eigenvalue weighted by molar-refractivity contribution is 0.145. The van der Waals surface area contributed by atoms with Crippen molar-refractivity contribution in [2.75, 3.05) is 45.9 Å². The molecule has 0 amide bonds. The van der Waals surface area contributed by atoms with E-state index in [2.05, 4.69) is 40.0 Å². The number of hydrogen-bond acceptors (Lipinski definition) is 4. The fraction of sp³-hybridized carbons (Fsp3) is 0.737. The molecular formula is C19H35IN4OS. The van der Waals surface area contributed by atoms with Crippen LogP contribution in [0.25, 0.3) is 0 Å². The van der Waals surface area contributed by atoms with E-state index in [1.807, 2.05) is 18.3 Å². The molecule has 1 aliphatic heterocycles. The van der Waals surface area contributed by atoms with Gasteiger partial charge in [0.15, 0.2) is 5.96 Å². The van der Waals surface area contributed by atoms with E-state index in [9.17, 15) is 0 Å². The van der Waals surface area contributed by atoms with Crippen LogP contribution in [0.1, 0.15) is 38.0 Å². The lowest BCUT2D eigenvalue weighted by Crippen LogP contribution is -2.39. The van der Waals surface area contributed by atoms with Crippen LogP contribution in [0, 0.1) is 5.92 Å². The highest BCUT2D eigenvalue weighted by molar-refractivity contribution is 14.0. The fourth-order valence-corrected chi connectivity index (χ4v) is 3.78. The first kappa shape index (κ1) is 23.7. The van der Waals surface area contributed by atoms with Crippen molar-refractivity contribution in [3.05, 3.63) is 22.4 Å². The van der Waals surface area contributed by atoms with Crippen molar-refractivity contribution in [1.82, 2.24) is 15.5 Å². The van der Waals surface area contributed by atoms with Crippen LogP contribution in [0.5, 0.6) is 0 Å². The van der Waals surface area contributed by atoms with Crippen molar-refractivity contribution in [3.8, 4) is 0 Å². The highest BCUT2D eigenvalue weighted by Crippen LogP contribution is 2.20. The molecule has 26 heavy (non-hydrogen) atoms. The third-order valence-electron chi connectivity index (χ3n) is 4.48. The third-order valence-corrected chi connectivity index (χ3v) is 5.34. The van der Waals surface area contributed by atoms with Crippen molar-refractivity contribution >= 4 is 41.3 Å². The molecule has 0 radical (unpaired) electrons. The van der Waals surface area contributed by atoms with Gasteiger partial charge >= 0.3 is 0 Å². The molecule has 0 spiro atoms. The maximum Gasteiger partial charge on any atom is 0.191 e. The molecule has 1 aliphatic rings. The number of halogens is 1. The number of thiophene rings is 1. The van der Waals surface area contributed by atoms with Crippen molar-refractivity contribution in [3.63, 3.8) is 0 Å². The van der Waals surface area contributed by atoms with E-state index < -0.39 is 0 Å². The molecule has 0 unspecified atom stereocenters. The van der Waals surface area contributed by atoms with Crippen LogP contribution < -0.4 is 10.6 Å². The Morgan fingerprint density at radius 2 is 2.12 bits per heavy atom. The molecule has 2 rings (SSSR count). The molecule has 2 N–H and O–H groups in total. The molecule has 2 heterocycles. The minimum absolute atomic E-state index is 0. The number of guanidine groups is 1. The summed E-state index contributed by atoms with van der Waals surface area (Å²) in [5.74, 6) is 1.65. The zero-order chi connectivity index (χ0) is 17.7. The first-order chi connectivity index (χ1) is 12.3. The molecule has 1 saturated heterocycles. The minimum Gasteiger partial charge on any atom is -0.382 e. The first-order valence-corrected chi connectivity index (χ1v) is 10.5. The van der Waals surface area contributed by atoms with Gasteiger partial charge in [-0.15, -0.1) is 35.3 Å². The quantitative estimate of drug-likeness (QED) is 0.226. The SMILES string of the molecule is CCNC(=NCC1CCN(Cc2cccs2)CC1)NCCCOCC.I. The van der Waals surface area contributed by atoms with Crippen LogP contribution in [0.2, 0.25) is 0 Å². The average molecular weight is 494 g/mol. The predicted octanol–water partition coefficient (Wildman–Crippen LogP) is 3.56. The smallest absolute Gasteiger partial charge is 0.191 e. The van der Waals surface area contributed by atoms with Crippen molar-refractivity contribution in [2.24, 2.45) is 10.9 Å². The molecule has 0 aromatic carbocycles. The number of aliphatic imine (C=N–C) groups is 1. The van der Waals surface area contributed by atoms with Gasteiger partial charge in [-0.3, -0.25) is 9.89 Å². The Bertz CT molecular complexity index is 476. The fourth-order valence-electron chi connectivity index (χ4n) is 3.04. The molecule has 1 fully saturated rings. The summed E-state index contributed by atoms with van der Waals surface area (Å²) in [5, 5.41) is 8.92. The molecule has 1 aromatic heterocycles. The molecular weight excluding hydrogens is 459 g/mol. The van der Waals surface area contributed by atoms with E-state index in [1.54, 1.807) is 0 Å². The zero-order valence-electron chi connectivity index (χ0n) is 16.2. The number of piperidine rings is 1. The van der Waals surface area contributed by atoms with Gasteiger partial charge in [0.2, 0.25) is 0 Å². The summed E-state index contributed by atoms with van der Waals surface area (Å²) < 4.78 is 5.37. The second kappa shape index (κ2) is 14.6. The summed E-state index contributed by atoms with van der Waals surface area (Å²) in [6.07, 6.45) is 3.51.